The van der Waals surface area contributed by atoms with Gasteiger partial charge in [0.05, 0.1) is 11.0 Å². The Labute approximate surface area is 151 Å². The zero-order valence-electron chi connectivity index (χ0n) is 14.8. The number of aromatic nitrogens is 2. The molecule has 4 rings (SSSR count). The van der Waals surface area contributed by atoms with Gasteiger partial charge in [-0.1, -0.05) is 29.8 Å². The van der Waals surface area contributed by atoms with E-state index in [4.69, 9.17) is 11.1 Å². The van der Waals surface area contributed by atoms with Crippen molar-refractivity contribution in [3.8, 4) is 0 Å². The Morgan fingerprint density at radius 2 is 2.04 bits per heavy atom. The third-order valence-corrected chi connectivity index (χ3v) is 5.23. The zero-order chi connectivity index (χ0) is 18.3. The maximum absolute atomic E-state index is 12.3. The summed E-state index contributed by atoms with van der Waals surface area (Å²) in [7, 11) is 0. The summed E-state index contributed by atoms with van der Waals surface area (Å²) in [5.41, 5.74) is 12.0. The SMILES string of the molecule is Cc1cccc(/C(N)=C(/C=N)c2ccc3c(c2)[nH]c(=O)n3C2CCC2)c1. The van der Waals surface area contributed by atoms with Crippen LogP contribution in [0.1, 0.15) is 42.0 Å². The predicted molar refractivity (Wildman–Crippen MR) is 106 cm³/mol. The molecule has 0 saturated heterocycles. The minimum absolute atomic E-state index is 0.0612. The van der Waals surface area contributed by atoms with Crippen LogP contribution in [0.4, 0.5) is 0 Å². The van der Waals surface area contributed by atoms with Crippen LogP contribution in [0, 0.1) is 12.3 Å². The summed E-state index contributed by atoms with van der Waals surface area (Å²) in [5.74, 6) is 0. The molecule has 5 heteroatoms. The summed E-state index contributed by atoms with van der Waals surface area (Å²) in [5, 5.41) is 7.85. The summed E-state index contributed by atoms with van der Waals surface area (Å²) in [4.78, 5) is 15.3. The van der Waals surface area contributed by atoms with Gasteiger partial charge < -0.3 is 16.1 Å². The van der Waals surface area contributed by atoms with Crippen molar-refractivity contribution in [2.24, 2.45) is 5.73 Å². The van der Waals surface area contributed by atoms with Crippen molar-refractivity contribution in [2.45, 2.75) is 32.2 Å². The van der Waals surface area contributed by atoms with E-state index in [2.05, 4.69) is 4.98 Å². The van der Waals surface area contributed by atoms with Crippen LogP contribution in [0.5, 0.6) is 0 Å². The Balaban J connectivity index is 1.83. The van der Waals surface area contributed by atoms with E-state index < -0.39 is 0 Å². The van der Waals surface area contributed by atoms with E-state index in [9.17, 15) is 4.79 Å². The number of aromatic amines is 1. The molecule has 5 nitrogen and oxygen atoms in total. The Bertz CT molecular complexity index is 1080. The second-order valence-electron chi connectivity index (χ2n) is 6.96. The highest BCUT2D eigenvalue weighted by Gasteiger charge is 2.23. The van der Waals surface area contributed by atoms with E-state index >= 15 is 0 Å². The number of H-pyrrole nitrogens is 1. The van der Waals surface area contributed by atoms with Crippen molar-refractivity contribution >= 4 is 28.5 Å². The van der Waals surface area contributed by atoms with Crippen molar-refractivity contribution in [1.82, 2.24) is 9.55 Å². The molecule has 0 unspecified atom stereocenters. The van der Waals surface area contributed by atoms with Gasteiger partial charge in [0.1, 0.15) is 0 Å². The highest BCUT2D eigenvalue weighted by molar-refractivity contribution is 6.18. The van der Waals surface area contributed by atoms with Gasteiger partial charge in [0.15, 0.2) is 0 Å². The predicted octanol–water partition coefficient (Wildman–Crippen LogP) is 3.84. The van der Waals surface area contributed by atoms with Gasteiger partial charge in [-0.05, 0) is 55.5 Å². The summed E-state index contributed by atoms with van der Waals surface area (Å²) in [6.45, 7) is 2.01. The van der Waals surface area contributed by atoms with Crippen molar-refractivity contribution in [1.29, 1.82) is 5.41 Å². The smallest absolute Gasteiger partial charge is 0.326 e. The van der Waals surface area contributed by atoms with Crippen LogP contribution in [0.2, 0.25) is 0 Å². The number of benzene rings is 2. The van der Waals surface area contributed by atoms with Gasteiger partial charge in [0.25, 0.3) is 0 Å². The molecule has 2 aromatic carbocycles. The number of hydrogen-bond acceptors (Lipinski definition) is 3. The molecule has 0 spiro atoms. The van der Waals surface area contributed by atoms with Gasteiger partial charge in [-0.25, -0.2) is 4.79 Å². The van der Waals surface area contributed by atoms with E-state index in [0.717, 1.165) is 40.6 Å². The first-order valence-corrected chi connectivity index (χ1v) is 8.90. The van der Waals surface area contributed by atoms with Crippen LogP contribution >= 0.6 is 0 Å². The van der Waals surface area contributed by atoms with Crippen molar-refractivity contribution in [3.63, 3.8) is 0 Å². The molecule has 0 aliphatic heterocycles. The van der Waals surface area contributed by atoms with Gasteiger partial charge in [0.2, 0.25) is 0 Å². The third kappa shape index (κ3) is 2.65. The number of nitrogens with one attached hydrogen (secondary N) is 2. The van der Waals surface area contributed by atoms with Crippen LogP contribution < -0.4 is 11.4 Å². The summed E-state index contributed by atoms with van der Waals surface area (Å²) in [6, 6.07) is 14.0. The fraction of sp³-hybridized carbons (Fsp3) is 0.238. The number of hydrogen-bond donors (Lipinski definition) is 3. The molecular weight excluding hydrogens is 324 g/mol. The van der Waals surface area contributed by atoms with Gasteiger partial charge in [-0.15, -0.1) is 0 Å². The second kappa shape index (κ2) is 6.33. The lowest BCUT2D eigenvalue weighted by Crippen LogP contribution is -2.26. The standard InChI is InChI=1S/C21H22N4O/c1-13-4-2-5-15(10-13)20(23)17(12-22)14-8-9-19-18(11-14)24-21(26)25(19)16-6-3-7-16/h2,4-5,8-12,16,22H,3,6-7,23H2,1H3,(H,24,26)/b20-17+,22-12?. The number of nitrogens with two attached hydrogens (primary N) is 1. The van der Waals surface area contributed by atoms with Crippen molar-refractivity contribution in [2.75, 3.05) is 0 Å². The average molecular weight is 346 g/mol. The molecule has 0 amide bonds. The molecule has 1 aliphatic rings. The van der Waals surface area contributed by atoms with Crippen LogP contribution in [0.3, 0.4) is 0 Å². The van der Waals surface area contributed by atoms with Gasteiger partial charge >= 0.3 is 5.69 Å². The first-order valence-electron chi connectivity index (χ1n) is 8.90. The Hall–Kier alpha value is -3.08. The van der Waals surface area contributed by atoms with Crippen LogP contribution in [-0.4, -0.2) is 15.8 Å². The van der Waals surface area contributed by atoms with Crippen molar-refractivity contribution < 1.29 is 0 Å². The van der Waals surface area contributed by atoms with E-state index in [1.54, 1.807) is 0 Å². The number of rotatable bonds is 4. The third-order valence-electron chi connectivity index (χ3n) is 5.23. The quantitative estimate of drug-likeness (QED) is 0.495. The summed E-state index contributed by atoms with van der Waals surface area (Å²) in [6.07, 6.45) is 4.57. The summed E-state index contributed by atoms with van der Waals surface area (Å²) < 4.78 is 1.86. The largest absolute Gasteiger partial charge is 0.398 e. The molecule has 0 bridgehead atoms. The highest BCUT2D eigenvalue weighted by atomic mass is 16.1. The molecule has 1 saturated carbocycles. The molecule has 1 fully saturated rings. The molecule has 26 heavy (non-hydrogen) atoms. The Morgan fingerprint density at radius 3 is 2.69 bits per heavy atom. The van der Waals surface area contributed by atoms with Gasteiger partial charge in [0, 0.05) is 23.5 Å². The van der Waals surface area contributed by atoms with Crippen LogP contribution in [0.15, 0.2) is 47.3 Å². The second-order valence-corrected chi connectivity index (χ2v) is 6.96. The van der Waals surface area contributed by atoms with Crippen LogP contribution in [-0.2, 0) is 0 Å². The number of allylic oxidation sites excluding steroid dienone is 1. The number of fused-ring (bicyclic) bond motifs is 1. The van der Waals surface area contributed by atoms with E-state index in [1.807, 2.05) is 54.0 Å². The number of aryl methyl sites for hydroxylation is 1. The fourth-order valence-corrected chi connectivity index (χ4v) is 3.59. The lowest BCUT2D eigenvalue weighted by atomic mass is 9.92. The number of imidazole rings is 1. The molecule has 4 N–H and O–H groups in total. The molecule has 0 radical (unpaired) electrons. The normalized spacial score (nSPS) is 15.6. The maximum Gasteiger partial charge on any atom is 0.326 e. The minimum atomic E-state index is -0.0612. The Kier molecular flexibility index (Phi) is 3.99. The first-order chi connectivity index (χ1) is 12.6. The average Bonchev–Trinajstić information content (AvgIpc) is 2.89. The first kappa shape index (κ1) is 16.4. The van der Waals surface area contributed by atoms with Crippen LogP contribution in [0.25, 0.3) is 22.3 Å². The molecule has 1 aromatic heterocycles. The van der Waals surface area contributed by atoms with E-state index in [-0.39, 0.29) is 5.69 Å². The highest BCUT2D eigenvalue weighted by Crippen LogP contribution is 2.33. The zero-order valence-corrected chi connectivity index (χ0v) is 14.8. The summed E-state index contributed by atoms with van der Waals surface area (Å²) >= 11 is 0. The molecular formula is C21H22N4O. The molecule has 1 heterocycles. The van der Waals surface area contributed by atoms with E-state index in [0.29, 0.717) is 17.3 Å². The Morgan fingerprint density at radius 1 is 1.23 bits per heavy atom. The molecule has 1 aliphatic carbocycles. The maximum atomic E-state index is 12.3. The number of nitrogens with zero attached hydrogens (tertiary/aromatic N) is 1. The molecule has 0 atom stereocenters. The van der Waals surface area contributed by atoms with E-state index in [1.165, 1.54) is 12.6 Å². The van der Waals surface area contributed by atoms with Gasteiger partial charge in [-0.2, -0.15) is 0 Å². The molecule has 132 valence electrons. The lowest BCUT2D eigenvalue weighted by Gasteiger charge is -2.26. The topological polar surface area (TPSA) is 87.7 Å². The van der Waals surface area contributed by atoms with Gasteiger partial charge in [-0.3, -0.25) is 4.57 Å². The lowest BCUT2D eigenvalue weighted by molar-refractivity contribution is 0.314. The fourth-order valence-electron chi connectivity index (χ4n) is 3.59. The monoisotopic (exact) mass is 346 g/mol. The molecule has 3 aromatic rings. The van der Waals surface area contributed by atoms with Crippen molar-refractivity contribution in [3.05, 3.63) is 69.6 Å². The minimum Gasteiger partial charge on any atom is -0.398 e.